The van der Waals surface area contributed by atoms with Crippen molar-refractivity contribution >= 4 is 45.9 Å². The lowest BCUT2D eigenvalue weighted by atomic mass is 10.1. The van der Waals surface area contributed by atoms with E-state index in [0.29, 0.717) is 16.0 Å². The Kier molecular flexibility index (Phi) is 6.42. The van der Waals surface area contributed by atoms with Crippen LogP contribution >= 0.6 is 34.9 Å². The summed E-state index contributed by atoms with van der Waals surface area (Å²) in [6.07, 6.45) is 0. The zero-order valence-corrected chi connectivity index (χ0v) is 16.2. The molecule has 0 spiro atoms. The fourth-order valence-electron chi connectivity index (χ4n) is 1.99. The van der Waals surface area contributed by atoms with Crippen LogP contribution < -0.4 is 10.9 Å². The summed E-state index contributed by atoms with van der Waals surface area (Å²) in [5.74, 6) is 0.777. The van der Waals surface area contributed by atoms with E-state index in [2.05, 4.69) is 25.5 Å². The largest absolute Gasteiger partial charge is 0.301 e. The predicted octanol–water partition coefficient (Wildman–Crippen LogP) is 3.13. The summed E-state index contributed by atoms with van der Waals surface area (Å²) in [6, 6.07) is 10.9. The van der Waals surface area contributed by atoms with Gasteiger partial charge in [0.25, 0.3) is 5.56 Å². The summed E-state index contributed by atoms with van der Waals surface area (Å²) in [6.45, 7) is 2.03. The second kappa shape index (κ2) is 8.97. The molecule has 2 N–H and O–H groups in total. The van der Waals surface area contributed by atoms with Gasteiger partial charge >= 0.3 is 0 Å². The van der Waals surface area contributed by atoms with Crippen LogP contribution in [0.1, 0.15) is 6.92 Å². The van der Waals surface area contributed by atoms with Gasteiger partial charge in [0.2, 0.25) is 11.0 Å². The molecule has 0 atom stereocenters. The predicted molar refractivity (Wildman–Crippen MR) is 106 cm³/mol. The van der Waals surface area contributed by atoms with Crippen LogP contribution in [0.15, 0.2) is 50.7 Å². The van der Waals surface area contributed by atoms with Crippen molar-refractivity contribution in [3.63, 3.8) is 0 Å². The topological polar surface area (TPSA) is 101 Å². The molecule has 10 heteroatoms. The van der Waals surface area contributed by atoms with E-state index >= 15 is 0 Å². The first kappa shape index (κ1) is 18.6. The number of anilines is 1. The number of nitrogens with one attached hydrogen (secondary N) is 2. The van der Waals surface area contributed by atoms with Crippen LogP contribution in [0.4, 0.5) is 5.13 Å². The number of H-pyrrole nitrogens is 1. The van der Waals surface area contributed by atoms with Crippen LogP contribution in [0.5, 0.6) is 0 Å². The first-order chi connectivity index (χ1) is 12.6. The highest BCUT2D eigenvalue weighted by molar-refractivity contribution is 8.01. The quantitative estimate of drug-likeness (QED) is 0.354. The molecular weight excluding hydrogens is 390 g/mol. The summed E-state index contributed by atoms with van der Waals surface area (Å²) >= 11 is 4.07. The molecule has 0 aliphatic heterocycles. The summed E-state index contributed by atoms with van der Waals surface area (Å²) in [4.78, 5) is 31.0. The average molecular weight is 406 g/mol. The molecule has 26 heavy (non-hydrogen) atoms. The molecule has 0 radical (unpaired) electrons. The van der Waals surface area contributed by atoms with Crippen molar-refractivity contribution in [1.29, 1.82) is 0 Å². The number of rotatable bonds is 7. The van der Waals surface area contributed by atoms with Crippen LogP contribution in [0.3, 0.4) is 0 Å². The minimum absolute atomic E-state index is 0.108. The highest BCUT2D eigenvalue weighted by Crippen LogP contribution is 2.25. The number of hydrogen-bond donors (Lipinski definition) is 2. The molecule has 3 aromatic rings. The van der Waals surface area contributed by atoms with Crippen molar-refractivity contribution in [3.05, 3.63) is 46.8 Å². The van der Waals surface area contributed by atoms with E-state index in [1.807, 2.05) is 37.3 Å². The van der Waals surface area contributed by atoms with Gasteiger partial charge in [0.05, 0.1) is 11.4 Å². The van der Waals surface area contributed by atoms with Crippen LogP contribution in [0.25, 0.3) is 11.3 Å². The van der Waals surface area contributed by atoms with Gasteiger partial charge in [-0.3, -0.25) is 14.9 Å². The summed E-state index contributed by atoms with van der Waals surface area (Å²) in [7, 11) is 0. The van der Waals surface area contributed by atoms with E-state index in [9.17, 15) is 9.59 Å². The summed E-state index contributed by atoms with van der Waals surface area (Å²) in [5.41, 5.74) is 1.16. The van der Waals surface area contributed by atoms with Crippen molar-refractivity contribution in [2.75, 3.05) is 16.8 Å². The maximum Gasteiger partial charge on any atom is 0.252 e. The van der Waals surface area contributed by atoms with Crippen molar-refractivity contribution in [2.45, 2.75) is 16.4 Å². The van der Waals surface area contributed by atoms with Gasteiger partial charge in [-0.2, -0.15) is 0 Å². The van der Waals surface area contributed by atoms with Gasteiger partial charge in [0, 0.05) is 11.6 Å². The molecule has 1 aromatic carbocycles. The van der Waals surface area contributed by atoms with E-state index in [4.69, 9.17) is 0 Å². The number of thioether (sulfide) groups is 2. The van der Waals surface area contributed by atoms with Crippen LogP contribution in [-0.2, 0) is 4.79 Å². The van der Waals surface area contributed by atoms with Crippen LogP contribution in [0.2, 0.25) is 0 Å². The number of aromatic amines is 1. The Balaban J connectivity index is 1.63. The average Bonchev–Trinajstić information content (AvgIpc) is 3.07. The standard InChI is InChI=1S/C16H15N5O2S3/c1-2-24-16-21-20-15(26-16)19-13(23)9-25-14-17-11(8-12(22)18-14)10-6-4-3-5-7-10/h3-8H,2,9H2,1H3,(H,17,18,22)(H,19,20,23). The molecule has 3 rings (SSSR count). The lowest BCUT2D eigenvalue weighted by Gasteiger charge is -2.04. The van der Waals surface area contributed by atoms with Gasteiger partial charge < -0.3 is 4.98 Å². The van der Waals surface area contributed by atoms with Gasteiger partial charge in [-0.25, -0.2) is 4.98 Å². The molecule has 0 aliphatic rings. The number of carbonyl (C=O) groups excluding carboxylic acids is 1. The van der Waals surface area contributed by atoms with Crippen LogP contribution in [-0.4, -0.2) is 37.6 Å². The first-order valence-corrected chi connectivity index (χ1v) is 10.5. The number of carbonyl (C=O) groups is 1. The fraction of sp³-hybridized carbons (Fsp3) is 0.188. The molecule has 0 saturated heterocycles. The maximum atomic E-state index is 12.1. The van der Waals surface area contributed by atoms with Crippen molar-refractivity contribution in [3.8, 4) is 11.3 Å². The zero-order valence-electron chi connectivity index (χ0n) is 13.8. The van der Waals surface area contributed by atoms with E-state index in [-0.39, 0.29) is 17.2 Å². The van der Waals surface area contributed by atoms with Crippen molar-refractivity contribution < 1.29 is 4.79 Å². The molecule has 134 valence electrons. The lowest BCUT2D eigenvalue weighted by Crippen LogP contribution is -2.15. The second-order valence-electron chi connectivity index (χ2n) is 4.94. The highest BCUT2D eigenvalue weighted by Gasteiger charge is 2.10. The Morgan fingerprint density at radius 3 is 2.81 bits per heavy atom. The number of benzene rings is 1. The van der Waals surface area contributed by atoms with E-state index in [1.165, 1.54) is 17.4 Å². The van der Waals surface area contributed by atoms with Gasteiger partial charge in [0.15, 0.2) is 9.50 Å². The maximum absolute atomic E-state index is 12.1. The first-order valence-electron chi connectivity index (χ1n) is 7.70. The number of aromatic nitrogens is 4. The summed E-state index contributed by atoms with van der Waals surface area (Å²) < 4.78 is 0.817. The van der Waals surface area contributed by atoms with E-state index < -0.39 is 0 Å². The highest BCUT2D eigenvalue weighted by atomic mass is 32.2. The number of hydrogen-bond acceptors (Lipinski definition) is 8. The second-order valence-corrected chi connectivity index (χ2v) is 8.40. The van der Waals surface area contributed by atoms with E-state index in [1.54, 1.807) is 11.8 Å². The molecule has 1 amide bonds. The smallest absolute Gasteiger partial charge is 0.252 e. The normalized spacial score (nSPS) is 10.7. The molecular formula is C16H15N5O2S3. The zero-order chi connectivity index (χ0) is 18.4. The number of nitrogens with zero attached hydrogens (tertiary/aromatic N) is 3. The van der Waals surface area contributed by atoms with Crippen molar-refractivity contribution in [1.82, 2.24) is 20.2 Å². The Bertz CT molecular complexity index is 942. The number of amides is 1. The van der Waals surface area contributed by atoms with Gasteiger partial charge in [-0.15, -0.1) is 10.2 Å². The third-order valence-corrected chi connectivity index (χ3v) is 5.78. The van der Waals surface area contributed by atoms with E-state index in [0.717, 1.165) is 27.4 Å². The van der Waals surface area contributed by atoms with Gasteiger partial charge in [-0.1, -0.05) is 72.1 Å². The third kappa shape index (κ3) is 5.16. The molecule has 0 fully saturated rings. The molecule has 0 saturated carbocycles. The monoisotopic (exact) mass is 405 g/mol. The van der Waals surface area contributed by atoms with Crippen LogP contribution in [0, 0.1) is 0 Å². The van der Waals surface area contributed by atoms with Gasteiger partial charge in [0.1, 0.15) is 0 Å². The molecule has 2 heterocycles. The molecule has 0 bridgehead atoms. The molecule has 0 unspecified atom stereocenters. The minimum atomic E-state index is -0.257. The summed E-state index contributed by atoms with van der Waals surface area (Å²) in [5, 5.41) is 11.5. The minimum Gasteiger partial charge on any atom is -0.301 e. The fourth-order valence-corrected chi connectivity index (χ4v) is 4.33. The molecule has 0 aliphatic carbocycles. The third-order valence-electron chi connectivity index (χ3n) is 3.05. The van der Waals surface area contributed by atoms with Crippen molar-refractivity contribution in [2.24, 2.45) is 0 Å². The Labute approximate surface area is 162 Å². The molecule has 2 aromatic heterocycles. The Hall–Kier alpha value is -2.17. The lowest BCUT2D eigenvalue weighted by molar-refractivity contribution is -0.113. The van der Waals surface area contributed by atoms with Gasteiger partial charge in [-0.05, 0) is 5.75 Å². The Morgan fingerprint density at radius 2 is 2.04 bits per heavy atom. The molecule has 7 nitrogen and oxygen atoms in total. The SMILES string of the molecule is CCSc1nnc(NC(=O)CSc2nc(-c3ccccc3)cc(=O)[nH]2)s1. The Morgan fingerprint density at radius 1 is 1.23 bits per heavy atom.